The van der Waals surface area contributed by atoms with Gasteiger partial charge in [0.2, 0.25) is 0 Å². The molecule has 0 unspecified atom stereocenters. The van der Waals surface area contributed by atoms with Crippen molar-refractivity contribution in [2.75, 3.05) is 88.6 Å². The van der Waals surface area contributed by atoms with Crippen LogP contribution in [0.25, 0.3) is 0 Å². The van der Waals surface area contributed by atoms with E-state index < -0.39 is 11.9 Å². The molecule has 0 aliphatic carbocycles. The number of carbonyl (C=O) groups excluding carboxylic acids is 2. The molecule has 4 heterocycles. The van der Waals surface area contributed by atoms with Crippen molar-refractivity contribution in [1.29, 1.82) is 0 Å². The highest BCUT2D eigenvalue weighted by atomic mass is 35.5. The smallest absolute Gasteiger partial charge is 0.331 e. The Hall–Kier alpha value is -3.46. The molecule has 40 heavy (non-hydrogen) atoms. The first-order chi connectivity index (χ1) is 19.5. The molecule has 0 atom stereocenters. The molecule has 2 aromatic heterocycles. The second-order valence-electron chi connectivity index (χ2n) is 8.55. The van der Waals surface area contributed by atoms with E-state index in [0.29, 0.717) is 11.8 Å². The second-order valence-corrected chi connectivity index (χ2v) is 9.33. The third kappa shape index (κ3) is 9.05. The normalized spacial score (nSPS) is 15.7. The number of carbonyl (C=O) groups is 2. The molecule has 0 aromatic carbocycles. The quantitative estimate of drug-likeness (QED) is 0.198. The Morgan fingerprint density at radius 1 is 0.700 bits per heavy atom. The van der Waals surface area contributed by atoms with Crippen LogP contribution in [0.5, 0.6) is 11.8 Å². The number of hydrogen-bond acceptors (Lipinski definition) is 14. The van der Waals surface area contributed by atoms with E-state index in [0.717, 1.165) is 75.9 Å². The average Bonchev–Trinajstić information content (AvgIpc) is 2.98. The molecule has 14 nitrogen and oxygen atoms in total. The standard InChI is InChI=1S/C24H30Cl2N8O6/c25-19-15-17(33-7-3-27-4-8-33)23(31-29-19)39-13-11-37-21(35)1-2-22(36)38-12-14-40-24-18(16-20(26)30-32-24)34-9-5-28-6-10-34/h1-2,15-16,27-28H,3-14H2/b2-1+. The minimum atomic E-state index is -0.724. The van der Waals surface area contributed by atoms with E-state index in [1.54, 1.807) is 12.1 Å². The van der Waals surface area contributed by atoms with Crippen molar-refractivity contribution in [3.8, 4) is 11.8 Å². The molecule has 2 aliphatic rings. The second kappa shape index (κ2) is 15.4. The Bertz CT molecular complexity index is 1090. The molecule has 0 amide bonds. The van der Waals surface area contributed by atoms with Gasteiger partial charge in [0.1, 0.15) is 37.8 Å². The summed E-state index contributed by atoms with van der Waals surface area (Å²) in [5.41, 5.74) is 1.45. The van der Waals surface area contributed by atoms with E-state index in [1.165, 1.54) is 0 Å². The summed E-state index contributed by atoms with van der Waals surface area (Å²) in [7, 11) is 0. The van der Waals surface area contributed by atoms with E-state index >= 15 is 0 Å². The summed E-state index contributed by atoms with van der Waals surface area (Å²) in [6.07, 6.45) is 1.95. The van der Waals surface area contributed by atoms with Gasteiger partial charge in [-0.15, -0.1) is 20.4 Å². The lowest BCUT2D eigenvalue weighted by molar-refractivity contribution is -0.141. The molecule has 2 fully saturated rings. The van der Waals surface area contributed by atoms with Crippen molar-refractivity contribution in [1.82, 2.24) is 31.0 Å². The molecule has 0 spiro atoms. The number of hydrogen-bond donors (Lipinski definition) is 2. The predicted molar refractivity (Wildman–Crippen MR) is 146 cm³/mol. The number of rotatable bonds is 12. The SMILES string of the molecule is O=C(/C=C/C(=O)OCCOc1nnc(Cl)cc1N1CCNCC1)OCCOc1nnc(Cl)cc1N1CCNCC1. The Morgan fingerprint density at radius 2 is 1.10 bits per heavy atom. The lowest BCUT2D eigenvalue weighted by Crippen LogP contribution is -2.43. The summed E-state index contributed by atoms with van der Waals surface area (Å²) in [6, 6.07) is 3.38. The summed E-state index contributed by atoms with van der Waals surface area (Å²) in [6.45, 7) is 6.35. The van der Waals surface area contributed by atoms with Crippen LogP contribution < -0.4 is 29.9 Å². The first-order valence-corrected chi connectivity index (χ1v) is 13.5. The minimum absolute atomic E-state index is 0.0420. The van der Waals surface area contributed by atoms with Crippen LogP contribution in [0.3, 0.4) is 0 Å². The number of piperazine rings is 2. The number of ether oxygens (including phenoxy) is 4. The molecule has 2 aliphatic heterocycles. The zero-order valence-electron chi connectivity index (χ0n) is 21.7. The van der Waals surface area contributed by atoms with Crippen LogP contribution in [0.2, 0.25) is 10.3 Å². The van der Waals surface area contributed by atoms with Gasteiger partial charge in [0.25, 0.3) is 11.8 Å². The van der Waals surface area contributed by atoms with E-state index in [2.05, 4.69) is 40.8 Å². The van der Waals surface area contributed by atoms with Crippen molar-refractivity contribution in [3.63, 3.8) is 0 Å². The van der Waals surface area contributed by atoms with Crippen LogP contribution in [0.15, 0.2) is 24.3 Å². The maximum absolute atomic E-state index is 12.0. The molecule has 0 radical (unpaired) electrons. The van der Waals surface area contributed by atoms with Crippen molar-refractivity contribution in [2.24, 2.45) is 0 Å². The highest BCUT2D eigenvalue weighted by Gasteiger charge is 2.19. The molecular formula is C24H30Cl2N8O6. The number of esters is 2. The van der Waals surface area contributed by atoms with Gasteiger partial charge >= 0.3 is 11.9 Å². The molecular weight excluding hydrogens is 567 g/mol. The molecule has 4 rings (SSSR count). The van der Waals surface area contributed by atoms with Crippen molar-refractivity contribution >= 4 is 46.5 Å². The summed E-state index contributed by atoms with van der Waals surface area (Å²) in [5.74, 6) is -0.849. The van der Waals surface area contributed by atoms with Gasteiger partial charge in [0.05, 0.1) is 0 Å². The lowest BCUT2D eigenvalue weighted by atomic mass is 10.3. The van der Waals surface area contributed by atoms with Crippen LogP contribution in [0, 0.1) is 0 Å². The Labute approximate surface area is 240 Å². The predicted octanol–water partition coefficient (Wildman–Crippen LogP) is 0.493. The van der Waals surface area contributed by atoms with Crippen molar-refractivity contribution in [3.05, 3.63) is 34.6 Å². The number of nitrogens with zero attached hydrogens (tertiary/aromatic N) is 6. The van der Waals surface area contributed by atoms with E-state index in [9.17, 15) is 9.59 Å². The highest BCUT2D eigenvalue weighted by molar-refractivity contribution is 6.29. The largest absolute Gasteiger partial charge is 0.472 e. The summed E-state index contributed by atoms with van der Waals surface area (Å²) in [5, 5.41) is 22.7. The maximum atomic E-state index is 12.0. The van der Waals surface area contributed by atoms with Gasteiger partial charge in [0.15, 0.2) is 10.3 Å². The summed E-state index contributed by atoms with van der Waals surface area (Å²) in [4.78, 5) is 28.1. The van der Waals surface area contributed by atoms with E-state index in [-0.39, 0.29) is 36.7 Å². The van der Waals surface area contributed by atoms with Gasteiger partial charge in [-0.05, 0) is 0 Å². The highest BCUT2D eigenvalue weighted by Crippen LogP contribution is 2.29. The van der Waals surface area contributed by atoms with Crippen molar-refractivity contribution < 1.29 is 28.5 Å². The van der Waals surface area contributed by atoms with E-state index in [1.807, 2.05) is 0 Å². The molecule has 2 aromatic rings. The average molecular weight is 597 g/mol. The zero-order valence-corrected chi connectivity index (χ0v) is 23.2. The summed E-state index contributed by atoms with van der Waals surface area (Å²) >= 11 is 12.0. The Morgan fingerprint density at radius 3 is 1.50 bits per heavy atom. The molecule has 216 valence electrons. The fraction of sp³-hybridized carbons (Fsp3) is 0.500. The van der Waals surface area contributed by atoms with Crippen molar-refractivity contribution in [2.45, 2.75) is 0 Å². The molecule has 2 N–H and O–H groups in total. The van der Waals surface area contributed by atoms with E-state index in [4.69, 9.17) is 42.1 Å². The van der Waals surface area contributed by atoms with Crippen LogP contribution >= 0.6 is 23.2 Å². The number of nitrogens with one attached hydrogen (secondary N) is 2. The minimum Gasteiger partial charge on any atom is -0.472 e. The van der Waals surface area contributed by atoms with Gasteiger partial charge in [-0.3, -0.25) is 0 Å². The third-order valence-electron chi connectivity index (χ3n) is 5.83. The molecule has 0 saturated carbocycles. The lowest BCUT2D eigenvalue weighted by Gasteiger charge is -2.30. The number of halogens is 2. The van der Waals surface area contributed by atoms with Gasteiger partial charge in [-0.1, -0.05) is 23.2 Å². The Balaban J connectivity index is 1.14. The molecule has 0 bridgehead atoms. The van der Waals surface area contributed by atoms with Crippen LogP contribution in [0.1, 0.15) is 0 Å². The molecule has 2 saturated heterocycles. The van der Waals surface area contributed by atoms with Gasteiger partial charge < -0.3 is 39.4 Å². The van der Waals surface area contributed by atoms with Crippen LogP contribution in [0.4, 0.5) is 11.4 Å². The topological polar surface area (TPSA) is 153 Å². The van der Waals surface area contributed by atoms with Gasteiger partial charge in [-0.2, -0.15) is 0 Å². The van der Waals surface area contributed by atoms with Crippen LogP contribution in [-0.2, 0) is 19.1 Å². The van der Waals surface area contributed by atoms with Gasteiger partial charge in [-0.25, -0.2) is 9.59 Å². The maximum Gasteiger partial charge on any atom is 0.331 e. The Kier molecular flexibility index (Phi) is 11.3. The molecule has 16 heteroatoms. The fourth-order valence-electron chi connectivity index (χ4n) is 3.96. The first kappa shape index (κ1) is 29.5. The number of aromatic nitrogens is 4. The first-order valence-electron chi connectivity index (χ1n) is 12.7. The third-order valence-corrected chi connectivity index (χ3v) is 6.20. The van der Waals surface area contributed by atoms with Crippen LogP contribution in [-0.4, -0.2) is 111 Å². The fourth-order valence-corrected chi connectivity index (χ4v) is 4.24. The summed E-state index contributed by atoms with van der Waals surface area (Å²) < 4.78 is 21.4. The van der Waals surface area contributed by atoms with Gasteiger partial charge in [0, 0.05) is 76.6 Å². The monoisotopic (exact) mass is 596 g/mol. The number of anilines is 2. The zero-order chi connectivity index (χ0) is 28.2.